The molecule has 0 amide bonds. The Kier molecular flexibility index (Phi) is 5.32. The first-order valence-corrected chi connectivity index (χ1v) is 10.7. The van der Waals surface area contributed by atoms with E-state index >= 15 is 0 Å². The molecular formula is C24H33N3O2. The molecule has 156 valence electrons. The van der Waals surface area contributed by atoms with Gasteiger partial charge in [-0.3, -0.25) is 10.3 Å². The Balaban J connectivity index is 1.73. The van der Waals surface area contributed by atoms with Crippen molar-refractivity contribution in [3.8, 4) is 5.75 Å². The first kappa shape index (κ1) is 19.9. The number of fused-ring (bicyclic) bond motifs is 2. The maximum atomic E-state index is 8.61. The van der Waals surface area contributed by atoms with Crippen LogP contribution in [0.2, 0.25) is 0 Å². The molecule has 1 unspecified atom stereocenters. The summed E-state index contributed by atoms with van der Waals surface area (Å²) in [4.78, 5) is 2.19. The molecule has 0 radical (unpaired) electrons. The van der Waals surface area contributed by atoms with Gasteiger partial charge < -0.3 is 14.8 Å². The van der Waals surface area contributed by atoms with Gasteiger partial charge in [-0.2, -0.15) is 0 Å². The Morgan fingerprint density at radius 2 is 1.72 bits per heavy atom. The van der Waals surface area contributed by atoms with Crippen LogP contribution in [0.1, 0.15) is 46.5 Å². The summed E-state index contributed by atoms with van der Waals surface area (Å²) < 4.78 is 11.1. The van der Waals surface area contributed by atoms with Crippen molar-refractivity contribution in [2.24, 2.45) is 11.3 Å². The third-order valence-corrected chi connectivity index (χ3v) is 6.45. The Morgan fingerprint density at radius 1 is 1.10 bits per heavy atom. The molecule has 1 aliphatic heterocycles. The maximum Gasteiger partial charge on any atom is 0.286 e. The number of methoxy groups -OCH3 is 1. The Bertz CT molecular complexity index is 798. The van der Waals surface area contributed by atoms with Gasteiger partial charge in [0.15, 0.2) is 0 Å². The summed E-state index contributed by atoms with van der Waals surface area (Å²) in [5.74, 6) is 1.13. The quantitative estimate of drug-likeness (QED) is 0.675. The van der Waals surface area contributed by atoms with Crippen molar-refractivity contribution in [3.05, 3.63) is 47.6 Å². The minimum atomic E-state index is -0.0410. The second-order valence-corrected chi connectivity index (χ2v) is 9.34. The number of rotatable bonds is 5. The second-order valence-electron chi connectivity index (χ2n) is 9.34. The van der Waals surface area contributed by atoms with E-state index < -0.39 is 0 Å². The Labute approximate surface area is 174 Å². The molecule has 1 heterocycles. The molecule has 2 aliphatic carbocycles. The predicted molar refractivity (Wildman–Crippen MR) is 117 cm³/mol. The van der Waals surface area contributed by atoms with Gasteiger partial charge in [-0.15, -0.1) is 0 Å². The number of nitrogens with one attached hydrogen (secondary N) is 2. The van der Waals surface area contributed by atoms with E-state index in [9.17, 15) is 0 Å². The van der Waals surface area contributed by atoms with Gasteiger partial charge in [-0.1, -0.05) is 44.1 Å². The minimum Gasteiger partial charge on any atom is -0.497 e. The molecule has 0 spiro atoms. The van der Waals surface area contributed by atoms with Crippen molar-refractivity contribution in [3.63, 3.8) is 0 Å². The minimum absolute atomic E-state index is 0.00910. The fraction of sp³-hybridized carbons (Fsp3) is 0.542. The highest BCUT2D eigenvalue weighted by Crippen LogP contribution is 2.43. The zero-order valence-corrected chi connectivity index (χ0v) is 18.0. The van der Waals surface area contributed by atoms with Crippen LogP contribution in [0.25, 0.3) is 0 Å². The molecule has 29 heavy (non-hydrogen) atoms. The molecule has 4 rings (SSSR count). The van der Waals surface area contributed by atoms with Gasteiger partial charge in [0.25, 0.3) is 6.02 Å². The largest absolute Gasteiger partial charge is 0.497 e. The molecule has 1 fully saturated rings. The maximum absolute atomic E-state index is 8.61. The van der Waals surface area contributed by atoms with Crippen LogP contribution in [0.4, 0.5) is 5.69 Å². The zero-order valence-electron chi connectivity index (χ0n) is 18.0. The zero-order chi connectivity index (χ0) is 20.6. The van der Waals surface area contributed by atoms with Gasteiger partial charge >= 0.3 is 0 Å². The molecule has 0 saturated carbocycles. The molecule has 1 saturated heterocycles. The van der Waals surface area contributed by atoms with E-state index in [4.69, 9.17) is 14.9 Å². The van der Waals surface area contributed by atoms with Crippen LogP contribution in [-0.4, -0.2) is 36.8 Å². The molecule has 5 nitrogen and oxygen atoms in total. The highest BCUT2D eigenvalue weighted by atomic mass is 16.5. The van der Waals surface area contributed by atoms with Crippen LogP contribution in [0.3, 0.4) is 0 Å². The van der Waals surface area contributed by atoms with Gasteiger partial charge in [0, 0.05) is 11.6 Å². The van der Waals surface area contributed by atoms with Crippen molar-refractivity contribution in [1.82, 2.24) is 4.90 Å². The number of nitrogens with zero attached hydrogens (tertiary/aromatic N) is 1. The van der Waals surface area contributed by atoms with E-state index in [1.807, 2.05) is 12.1 Å². The Hall–Kier alpha value is -2.43. The van der Waals surface area contributed by atoms with Crippen molar-refractivity contribution in [2.75, 3.05) is 19.0 Å². The molecule has 2 bridgehead atoms. The topological polar surface area (TPSA) is 57.6 Å². The van der Waals surface area contributed by atoms with E-state index in [1.54, 1.807) is 7.11 Å². The highest BCUT2D eigenvalue weighted by molar-refractivity contribution is 5.74. The fourth-order valence-electron chi connectivity index (χ4n) is 4.87. The van der Waals surface area contributed by atoms with E-state index in [2.05, 4.69) is 55.3 Å². The van der Waals surface area contributed by atoms with Crippen molar-refractivity contribution in [1.29, 1.82) is 5.41 Å². The van der Waals surface area contributed by atoms with Crippen molar-refractivity contribution < 1.29 is 9.47 Å². The molecule has 5 heteroatoms. The Morgan fingerprint density at radius 3 is 2.28 bits per heavy atom. The predicted octanol–water partition coefficient (Wildman–Crippen LogP) is 5.17. The SMILES string of the molecule is COc1ccc(NC(C2C3=CCCC2=CCC3)N2C(=N)OC[C@@H]2C(C)(C)C)cc1. The number of hydrogen-bond donors (Lipinski definition) is 2. The van der Waals surface area contributed by atoms with Gasteiger partial charge in [-0.25, -0.2) is 0 Å². The summed E-state index contributed by atoms with van der Waals surface area (Å²) in [6.45, 7) is 7.26. The second kappa shape index (κ2) is 7.77. The third kappa shape index (κ3) is 3.87. The van der Waals surface area contributed by atoms with E-state index in [0.29, 0.717) is 6.61 Å². The normalized spacial score (nSPS) is 23.2. The smallest absolute Gasteiger partial charge is 0.286 e. The van der Waals surface area contributed by atoms with Crippen LogP contribution < -0.4 is 10.1 Å². The summed E-state index contributed by atoms with van der Waals surface area (Å²) in [5.41, 5.74) is 4.06. The first-order chi connectivity index (χ1) is 13.9. The van der Waals surface area contributed by atoms with Crippen LogP contribution in [0, 0.1) is 16.7 Å². The summed E-state index contributed by atoms with van der Waals surface area (Å²) in [6.07, 6.45) is 9.29. The molecule has 2 N–H and O–H groups in total. The van der Waals surface area contributed by atoms with E-state index in [1.165, 1.54) is 11.1 Å². The lowest BCUT2D eigenvalue weighted by atomic mass is 9.74. The molecular weight excluding hydrogens is 362 g/mol. The number of ether oxygens (including phenoxy) is 2. The molecule has 2 atom stereocenters. The van der Waals surface area contributed by atoms with Crippen LogP contribution in [0.5, 0.6) is 5.75 Å². The van der Waals surface area contributed by atoms with Crippen LogP contribution >= 0.6 is 0 Å². The first-order valence-electron chi connectivity index (χ1n) is 10.7. The standard InChI is InChI=1S/C24H33N3O2/c1-24(2,3)20-15-29-23(25)27(20)22(26-18-11-13-19(28-4)14-12-18)21-16-7-5-8-17(21)10-6-9-16/h7,10-14,20-22,25-26H,5-6,8-9,15H2,1-4H3/t20-,22?/m1/s1. The van der Waals surface area contributed by atoms with Gasteiger partial charge in [0.05, 0.1) is 13.2 Å². The van der Waals surface area contributed by atoms with Crippen LogP contribution in [0.15, 0.2) is 47.6 Å². The summed E-state index contributed by atoms with van der Waals surface area (Å²) in [6, 6.07) is 8.49. The van der Waals surface area contributed by atoms with Gasteiger partial charge in [0.1, 0.15) is 18.5 Å². The summed E-state index contributed by atoms with van der Waals surface area (Å²) in [7, 11) is 1.68. The molecule has 3 aliphatic rings. The average molecular weight is 396 g/mol. The average Bonchev–Trinajstić information content (AvgIpc) is 3.08. The third-order valence-electron chi connectivity index (χ3n) is 6.45. The number of amidine groups is 1. The molecule has 1 aromatic rings. The lowest BCUT2D eigenvalue weighted by Crippen LogP contribution is -2.55. The number of benzene rings is 1. The summed E-state index contributed by atoms with van der Waals surface area (Å²) >= 11 is 0. The summed E-state index contributed by atoms with van der Waals surface area (Å²) in [5, 5.41) is 12.4. The lowest BCUT2D eigenvalue weighted by molar-refractivity contribution is 0.137. The molecule has 0 aromatic heterocycles. The fourth-order valence-corrected chi connectivity index (χ4v) is 4.87. The number of allylic oxidation sites excluding steroid dienone is 2. The number of anilines is 1. The monoisotopic (exact) mass is 395 g/mol. The molecule has 1 aromatic carbocycles. The van der Waals surface area contributed by atoms with Crippen LogP contribution in [-0.2, 0) is 4.74 Å². The van der Waals surface area contributed by atoms with E-state index in [0.717, 1.165) is 37.1 Å². The van der Waals surface area contributed by atoms with E-state index in [-0.39, 0.29) is 29.6 Å². The van der Waals surface area contributed by atoms with Gasteiger partial charge in [0.2, 0.25) is 0 Å². The number of hydrogen-bond acceptors (Lipinski definition) is 4. The van der Waals surface area contributed by atoms with Crippen molar-refractivity contribution >= 4 is 11.7 Å². The highest BCUT2D eigenvalue weighted by Gasteiger charge is 2.46. The van der Waals surface area contributed by atoms with Gasteiger partial charge in [-0.05, 0) is 55.4 Å². The lowest BCUT2D eigenvalue weighted by Gasteiger charge is -2.45. The van der Waals surface area contributed by atoms with Crippen molar-refractivity contribution in [2.45, 2.75) is 58.7 Å².